The van der Waals surface area contributed by atoms with Gasteiger partial charge in [-0.2, -0.15) is 0 Å². The Balaban J connectivity index is 2.64. The van der Waals surface area contributed by atoms with Crippen LogP contribution in [0.5, 0.6) is 0 Å². The molecule has 1 aromatic carbocycles. The fourth-order valence-electron chi connectivity index (χ4n) is 1.18. The predicted octanol–water partition coefficient (Wildman–Crippen LogP) is 3.08. The summed E-state index contributed by atoms with van der Waals surface area (Å²) in [6.07, 6.45) is 2.74. The van der Waals surface area contributed by atoms with Crippen molar-refractivity contribution in [3.05, 3.63) is 47.4 Å². The zero-order valence-electron chi connectivity index (χ0n) is 7.42. The van der Waals surface area contributed by atoms with Crippen LogP contribution in [0.3, 0.4) is 0 Å². The van der Waals surface area contributed by atoms with E-state index in [1.54, 1.807) is 0 Å². The van der Waals surface area contributed by atoms with Crippen LogP contribution in [0, 0.1) is 11.6 Å². The molecule has 76 valence electrons. The fourth-order valence-corrected chi connectivity index (χ4v) is 1.39. The van der Waals surface area contributed by atoms with E-state index in [0.29, 0.717) is 0 Å². The van der Waals surface area contributed by atoms with E-state index < -0.39 is 11.6 Å². The number of aromatic nitrogens is 2. The SMILES string of the molecule is Fc1ccc(F)c(-c2nccnc2Cl)c1. The molecule has 0 bridgehead atoms. The number of hydrogen-bond donors (Lipinski definition) is 0. The van der Waals surface area contributed by atoms with Crippen LogP contribution in [0.1, 0.15) is 0 Å². The molecule has 1 aromatic heterocycles. The Morgan fingerprint density at radius 1 is 1.07 bits per heavy atom. The van der Waals surface area contributed by atoms with Crippen molar-refractivity contribution in [2.45, 2.75) is 0 Å². The molecule has 0 saturated heterocycles. The molecule has 0 aliphatic rings. The zero-order valence-corrected chi connectivity index (χ0v) is 8.17. The summed E-state index contributed by atoms with van der Waals surface area (Å²) in [6.45, 7) is 0. The highest BCUT2D eigenvalue weighted by Gasteiger charge is 2.11. The third-order valence-electron chi connectivity index (χ3n) is 1.84. The van der Waals surface area contributed by atoms with Crippen molar-refractivity contribution in [3.8, 4) is 11.3 Å². The molecule has 0 saturated carbocycles. The second kappa shape index (κ2) is 3.90. The van der Waals surface area contributed by atoms with Crippen molar-refractivity contribution < 1.29 is 8.78 Å². The maximum atomic E-state index is 13.3. The lowest BCUT2D eigenvalue weighted by Gasteiger charge is -2.03. The molecule has 0 atom stereocenters. The van der Waals surface area contributed by atoms with Crippen LogP contribution >= 0.6 is 11.6 Å². The molecule has 5 heteroatoms. The summed E-state index contributed by atoms with van der Waals surface area (Å²) >= 11 is 5.72. The second-order valence-corrected chi connectivity index (χ2v) is 3.18. The van der Waals surface area contributed by atoms with Gasteiger partial charge in [0.25, 0.3) is 0 Å². The monoisotopic (exact) mass is 226 g/mol. The van der Waals surface area contributed by atoms with Gasteiger partial charge in [-0.05, 0) is 18.2 Å². The average Bonchev–Trinajstić information content (AvgIpc) is 2.23. The highest BCUT2D eigenvalue weighted by atomic mass is 35.5. The molecule has 15 heavy (non-hydrogen) atoms. The molecule has 0 aliphatic heterocycles. The summed E-state index contributed by atoms with van der Waals surface area (Å²) < 4.78 is 26.2. The molecule has 2 aromatic rings. The lowest BCUT2D eigenvalue weighted by molar-refractivity contribution is 0.602. The average molecular weight is 227 g/mol. The van der Waals surface area contributed by atoms with Gasteiger partial charge < -0.3 is 0 Å². The Morgan fingerprint density at radius 2 is 1.80 bits per heavy atom. The molecule has 2 rings (SSSR count). The van der Waals surface area contributed by atoms with E-state index >= 15 is 0 Å². The molecule has 0 radical (unpaired) electrons. The summed E-state index contributed by atoms with van der Waals surface area (Å²) in [5.74, 6) is -1.13. The first-order valence-electron chi connectivity index (χ1n) is 4.10. The van der Waals surface area contributed by atoms with Gasteiger partial charge in [0.1, 0.15) is 17.3 Å². The molecule has 0 unspecified atom stereocenters. The lowest BCUT2D eigenvalue weighted by atomic mass is 10.1. The van der Waals surface area contributed by atoms with Crippen LogP contribution in [-0.2, 0) is 0 Å². The summed E-state index contributed by atoms with van der Waals surface area (Å²) in [7, 11) is 0. The Morgan fingerprint density at radius 3 is 2.53 bits per heavy atom. The number of hydrogen-bond acceptors (Lipinski definition) is 2. The minimum Gasteiger partial charge on any atom is -0.251 e. The maximum Gasteiger partial charge on any atom is 0.155 e. The molecule has 1 heterocycles. The Hall–Kier alpha value is -1.55. The van der Waals surface area contributed by atoms with E-state index in [2.05, 4.69) is 9.97 Å². The molecule has 0 spiro atoms. The Labute approximate surface area is 89.6 Å². The van der Waals surface area contributed by atoms with Gasteiger partial charge in [-0.3, -0.25) is 4.98 Å². The van der Waals surface area contributed by atoms with Gasteiger partial charge in [0.2, 0.25) is 0 Å². The van der Waals surface area contributed by atoms with E-state index in [1.165, 1.54) is 12.4 Å². The summed E-state index contributed by atoms with van der Waals surface area (Å²) in [5, 5.41) is 0.0435. The molecular formula is C10H5ClF2N2. The normalized spacial score (nSPS) is 10.3. The summed E-state index contributed by atoms with van der Waals surface area (Å²) in [6, 6.07) is 3.09. The fraction of sp³-hybridized carbons (Fsp3) is 0. The topological polar surface area (TPSA) is 25.8 Å². The first kappa shape index (κ1) is 9.98. The first-order valence-corrected chi connectivity index (χ1v) is 4.48. The van der Waals surface area contributed by atoms with E-state index in [-0.39, 0.29) is 16.4 Å². The van der Waals surface area contributed by atoms with Crippen LogP contribution in [-0.4, -0.2) is 9.97 Å². The third-order valence-corrected chi connectivity index (χ3v) is 2.11. The largest absolute Gasteiger partial charge is 0.251 e. The summed E-state index contributed by atoms with van der Waals surface area (Å²) in [4.78, 5) is 7.59. The van der Waals surface area contributed by atoms with Crippen molar-refractivity contribution in [1.29, 1.82) is 0 Å². The van der Waals surface area contributed by atoms with Gasteiger partial charge in [0.05, 0.1) is 0 Å². The Kier molecular flexibility index (Phi) is 2.60. The van der Waals surface area contributed by atoms with Gasteiger partial charge in [0, 0.05) is 18.0 Å². The first-order chi connectivity index (χ1) is 7.18. The minimum atomic E-state index is -0.584. The van der Waals surface area contributed by atoms with Gasteiger partial charge in [-0.15, -0.1) is 0 Å². The van der Waals surface area contributed by atoms with Crippen LogP contribution in [0.15, 0.2) is 30.6 Å². The van der Waals surface area contributed by atoms with Crippen molar-refractivity contribution in [1.82, 2.24) is 9.97 Å². The van der Waals surface area contributed by atoms with Crippen molar-refractivity contribution in [2.24, 2.45) is 0 Å². The van der Waals surface area contributed by atoms with Crippen molar-refractivity contribution in [2.75, 3.05) is 0 Å². The smallest absolute Gasteiger partial charge is 0.155 e. The molecule has 0 amide bonds. The number of nitrogens with zero attached hydrogens (tertiary/aromatic N) is 2. The highest BCUT2D eigenvalue weighted by molar-refractivity contribution is 6.31. The molecular weight excluding hydrogens is 222 g/mol. The number of rotatable bonds is 1. The molecule has 0 aliphatic carbocycles. The molecule has 0 fully saturated rings. The predicted molar refractivity (Wildman–Crippen MR) is 52.4 cm³/mol. The van der Waals surface area contributed by atoms with E-state index in [4.69, 9.17) is 11.6 Å². The van der Waals surface area contributed by atoms with Crippen LogP contribution in [0.25, 0.3) is 11.3 Å². The second-order valence-electron chi connectivity index (χ2n) is 2.82. The van der Waals surface area contributed by atoms with Gasteiger partial charge in [-0.1, -0.05) is 11.6 Å². The quantitative estimate of drug-likeness (QED) is 0.747. The minimum absolute atomic E-state index is 0.00750. The van der Waals surface area contributed by atoms with Gasteiger partial charge in [0.15, 0.2) is 5.15 Å². The van der Waals surface area contributed by atoms with E-state index in [9.17, 15) is 8.78 Å². The van der Waals surface area contributed by atoms with E-state index in [1.807, 2.05) is 0 Å². The van der Waals surface area contributed by atoms with Gasteiger partial charge in [-0.25, -0.2) is 13.8 Å². The van der Waals surface area contributed by atoms with Crippen molar-refractivity contribution in [3.63, 3.8) is 0 Å². The molecule has 2 nitrogen and oxygen atoms in total. The molecule has 0 N–H and O–H groups in total. The Bertz CT molecular complexity index is 503. The maximum absolute atomic E-state index is 13.3. The standard InChI is InChI=1S/C10H5ClF2N2/c11-10-9(14-3-4-15-10)7-5-6(12)1-2-8(7)13/h1-5H. The zero-order chi connectivity index (χ0) is 10.8. The van der Waals surface area contributed by atoms with Crippen molar-refractivity contribution >= 4 is 11.6 Å². The lowest BCUT2D eigenvalue weighted by Crippen LogP contribution is -1.91. The highest BCUT2D eigenvalue weighted by Crippen LogP contribution is 2.26. The number of benzene rings is 1. The summed E-state index contributed by atoms with van der Waals surface area (Å²) in [5.41, 5.74) is 0.143. The van der Waals surface area contributed by atoms with Crippen LogP contribution < -0.4 is 0 Å². The van der Waals surface area contributed by atoms with Crippen LogP contribution in [0.2, 0.25) is 5.15 Å². The van der Waals surface area contributed by atoms with E-state index in [0.717, 1.165) is 18.2 Å². The number of halogens is 3. The third kappa shape index (κ3) is 1.94. The van der Waals surface area contributed by atoms with Crippen LogP contribution in [0.4, 0.5) is 8.78 Å². The van der Waals surface area contributed by atoms with Gasteiger partial charge >= 0.3 is 0 Å².